The lowest BCUT2D eigenvalue weighted by Gasteiger charge is -2.20. The van der Waals surface area contributed by atoms with Crippen LogP contribution in [0.5, 0.6) is 5.75 Å². The van der Waals surface area contributed by atoms with Gasteiger partial charge < -0.3 is 4.74 Å². The van der Waals surface area contributed by atoms with Gasteiger partial charge in [0, 0.05) is 11.0 Å². The van der Waals surface area contributed by atoms with E-state index in [9.17, 15) is 0 Å². The fourth-order valence-electron chi connectivity index (χ4n) is 2.87. The van der Waals surface area contributed by atoms with Crippen molar-refractivity contribution < 1.29 is 4.74 Å². The predicted molar refractivity (Wildman–Crippen MR) is 75.4 cm³/mol. The Balaban J connectivity index is 1.90. The molecule has 0 bridgehead atoms. The van der Waals surface area contributed by atoms with Gasteiger partial charge in [-0.25, -0.2) is 0 Å². The fourth-order valence-corrected chi connectivity index (χ4v) is 3.22. The highest BCUT2D eigenvalue weighted by atomic mass is 35.5. The first-order valence-electron chi connectivity index (χ1n) is 6.90. The maximum Gasteiger partial charge on any atom is 0.123 e. The van der Waals surface area contributed by atoms with Gasteiger partial charge in [0.15, 0.2) is 0 Å². The van der Waals surface area contributed by atoms with Gasteiger partial charge in [0.25, 0.3) is 0 Å². The Morgan fingerprint density at radius 2 is 2.06 bits per heavy atom. The van der Waals surface area contributed by atoms with Crippen molar-refractivity contribution in [3.63, 3.8) is 0 Å². The molecule has 0 amide bonds. The third-order valence-corrected chi connectivity index (χ3v) is 5.12. The van der Waals surface area contributed by atoms with Crippen LogP contribution in [0.15, 0.2) is 18.2 Å². The van der Waals surface area contributed by atoms with E-state index < -0.39 is 0 Å². The topological polar surface area (TPSA) is 9.23 Å². The number of hydrogen-bond donors (Lipinski definition) is 0. The number of hydrogen-bond acceptors (Lipinski definition) is 1. The molecule has 1 aromatic carbocycles. The van der Waals surface area contributed by atoms with Gasteiger partial charge in [0.1, 0.15) is 5.75 Å². The molecule has 18 heavy (non-hydrogen) atoms. The lowest BCUT2D eigenvalue weighted by Crippen LogP contribution is -2.18. The number of alkyl halides is 1. The molecule has 2 heteroatoms. The molecule has 0 N–H and O–H groups in total. The Kier molecular flexibility index (Phi) is 2.85. The van der Waals surface area contributed by atoms with E-state index in [1.807, 2.05) is 0 Å². The van der Waals surface area contributed by atoms with Crippen molar-refractivity contribution in [3.8, 4) is 5.75 Å². The minimum Gasteiger partial charge on any atom is -0.492 e. The summed E-state index contributed by atoms with van der Waals surface area (Å²) in [5, 5.41) is 0.138. The Morgan fingerprint density at radius 1 is 1.33 bits per heavy atom. The van der Waals surface area contributed by atoms with Crippen LogP contribution in [0.4, 0.5) is 0 Å². The molecule has 0 aromatic heterocycles. The summed E-state index contributed by atoms with van der Waals surface area (Å²) >= 11 is 6.65. The van der Waals surface area contributed by atoms with Crippen LogP contribution in [-0.4, -0.2) is 6.61 Å². The van der Waals surface area contributed by atoms with Gasteiger partial charge in [-0.05, 0) is 42.4 Å². The first-order chi connectivity index (χ1) is 8.49. The van der Waals surface area contributed by atoms with Gasteiger partial charge in [0.2, 0.25) is 0 Å². The summed E-state index contributed by atoms with van der Waals surface area (Å²) < 4.78 is 5.73. The van der Waals surface area contributed by atoms with E-state index >= 15 is 0 Å². The largest absolute Gasteiger partial charge is 0.492 e. The molecule has 2 atom stereocenters. The summed E-state index contributed by atoms with van der Waals surface area (Å²) in [4.78, 5) is 0. The van der Waals surface area contributed by atoms with Gasteiger partial charge in [-0.15, -0.1) is 11.6 Å². The van der Waals surface area contributed by atoms with Crippen molar-refractivity contribution in [2.75, 3.05) is 6.61 Å². The van der Waals surface area contributed by atoms with Crippen LogP contribution in [-0.2, 0) is 5.41 Å². The summed E-state index contributed by atoms with van der Waals surface area (Å²) in [6.07, 6.45) is 2.70. The highest BCUT2D eigenvalue weighted by molar-refractivity contribution is 6.21. The molecule has 0 saturated heterocycles. The molecule has 1 saturated carbocycles. The molecule has 1 heterocycles. The average Bonchev–Trinajstić information content (AvgIpc) is 3.15. The molecule has 1 aromatic rings. The molecule has 98 valence electrons. The molecule has 2 aliphatic rings. The minimum atomic E-state index is 0.116. The molecular weight excluding hydrogens is 244 g/mol. The second-order valence-corrected chi connectivity index (χ2v) is 7.00. The predicted octanol–water partition coefficient (Wildman–Crippen LogP) is 4.68. The third-order valence-electron chi connectivity index (χ3n) is 4.47. The van der Waals surface area contributed by atoms with E-state index in [0.29, 0.717) is 5.92 Å². The zero-order chi connectivity index (χ0) is 12.9. The fraction of sp³-hybridized carbons (Fsp3) is 0.625. The van der Waals surface area contributed by atoms with Crippen molar-refractivity contribution in [2.24, 2.45) is 11.8 Å². The van der Waals surface area contributed by atoms with Gasteiger partial charge in [-0.3, -0.25) is 0 Å². The van der Waals surface area contributed by atoms with Crippen molar-refractivity contribution in [1.82, 2.24) is 0 Å². The van der Waals surface area contributed by atoms with E-state index in [0.717, 1.165) is 18.3 Å². The van der Waals surface area contributed by atoms with Crippen molar-refractivity contribution in [2.45, 2.75) is 44.4 Å². The van der Waals surface area contributed by atoms with Gasteiger partial charge in [0.05, 0.1) is 12.0 Å². The smallest absolute Gasteiger partial charge is 0.123 e. The Bertz CT molecular complexity index is 462. The van der Waals surface area contributed by atoms with Crippen molar-refractivity contribution >= 4 is 11.6 Å². The van der Waals surface area contributed by atoms with Crippen LogP contribution in [0, 0.1) is 11.8 Å². The number of ether oxygens (including phenoxy) is 1. The van der Waals surface area contributed by atoms with Crippen LogP contribution < -0.4 is 4.74 Å². The number of fused-ring (bicyclic) bond motifs is 1. The van der Waals surface area contributed by atoms with Crippen LogP contribution in [0.25, 0.3) is 0 Å². The zero-order valence-corrected chi connectivity index (χ0v) is 12.1. The van der Waals surface area contributed by atoms with E-state index in [2.05, 4.69) is 39.0 Å². The van der Waals surface area contributed by atoms with Crippen LogP contribution >= 0.6 is 11.6 Å². The summed E-state index contributed by atoms with van der Waals surface area (Å²) in [5.41, 5.74) is 2.69. The summed E-state index contributed by atoms with van der Waals surface area (Å²) in [6, 6.07) is 6.49. The molecule has 1 nitrogen and oxygen atoms in total. The molecule has 2 unspecified atom stereocenters. The highest BCUT2D eigenvalue weighted by Gasteiger charge is 2.35. The molecule has 1 fully saturated rings. The molecular formula is C16H21ClO. The second-order valence-electron chi connectivity index (χ2n) is 6.53. The number of halogens is 1. The van der Waals surface area contributed by atoms with E-state index in [1.165, 1.54) is 24.0 Å². The van der Waals surface area contributed by atoms with Gasteiger partial charge in [-0.1, -0.05) is 26.8 Å². The quantitative estimate of drug-likeness (QED) is 0.720. The summed E-state index contributed by atoms with van der Waals surface area (Å²) in [7, 11) is 0. The van der Waals surface area contributed by atoms with E-state index in [4.69, 9.17) is 16.3 Å². The lowest BCUT2D eigenvalue weighted by atomic mass is 9.85. The van der Waals surface area contributed by atoms with Crippen molar-refractivity contribution in [1.29, 1.82) is 0 Å². The first-order valence-corrected chi connectivity index (χ1v) is 7.34. The van der Waals surface area contributed by atoms with Crippen molar-refractivity contribution in [3.05, 3.63) is 29.3 Å². The third kappa shape index (κ3) is 2.03. The second kappa shape index (κ2) is 4.16. The standard InChI is InChI=1S/C16H21ClO/c1-10(11-4-5-11)15(17)12-6-7-14-13(8-12)16(2,3)9-18-14/h6-8,10-11,15H,4-5,9H2,1-3H3. The number of benzene rings is 1. The van der Waals surface area contributed by atoms with Crippen LogP contribution in [0.2, 0.25) is 0 Å². The molecule has 1 aliphatic carbocycles. The molecule has 3 rings (SSSR count). The lowest BCUT2D eigenvalue weighted by molar-refractivity contribution is 0.291. The normalized spacial score (nSPS) is 24.2. The molecule has 1 aliphatic heterocycles. The van der Waals surface area contributed by atoms with E-state index in [1.54, 1.807) is 0 Å². The SMILES string of the molecule is CC(C1CC1)C(Cl)c1ccc2c(c1)C(C)(C)CO2. The Labute approximate surface area is 114 Å². The summed E-state index contributed by atoms with van der Waals surface area (Å²) in [5.74, 6) is 2.45. The Hall–Kier alpha value is -0.690. The monoisotopic (exact) mass is 264 g/mol. The van der Waals surface area contributed by atoms with E-state index in [-0.39, 0.29) is 10.8 Å². The maximum absolute atomic E-state index is 6.65. The maximum atomic E-state index is 6.65. The first kappa shape index (κ1) is 12.3. The average molecular weight is 265 g/mol. The Morgan fingerprint density at radius 3 is 2.72 bits per heavy atom. The van der Waals surface area contributed by atoms with Gasteiger partial charge in [-0.2, -0.15) is 0 Å². The molecule has 0 radical (unpaired) electrons. The highest BCUT2D eigenvalue weighted by Crippen LogP contribution is 2.47. The molecule has 0 spiro atoms. The number of rotatable bonds is 3. The zero-order valence-electron chi connectivity index (χ0n) is 11.4. The van der Waals surface area contributed by atoms with Gasteiger partial charge >= 0.3 is 0 Å². The summed E-state index contributed by atoms with van der Waals surface area (Å²) in [6.45, 7) is 7.52. The minimum absolute atomic E-state index is 0.116. The van der Waals surface area contributed by atoms with Crippen LogP contribution in [0.3, 0.4) is 0 Å². The van der Waals surface area contributed by atoms with Crippen LogP contribution in [0.1, 0.15) is 50.1 Å².